The third-order valence-corrected chi connectivity index (χ3v) is 6.74. The van der Waals surface area contributed by atoms with Gasteiger partial charge in [-0.3, -0.25) is 14.2 Å². The molecule has 3 heterocycles. The summed E-state index contributed by atoms with van der Waals surface area (Å²) in [4.78, 5) is 32.7. The van der Waals surface area contributed by atoms with Crippen molar-refractivity contribution < 1.29 is 9.53 Å². The molecule has 0 spiro atoms. The van der Waals surface area contributed by atoms with E-state index in [4.69, 9.17) is 9.72 Å². The van der Waals surface area contributed by atoms with Gasteiger partial charge in [-0.2, -0.15) is 0 Å². The monoisotopic (exact) mass is 415 g/mol. The number of thioether (sulfide) groups is 1. The highest BCUT2D eigenvalue weighted by atomic mass is 32.2. The second-order valence-electron chi connectivity index (χ2n) is 8.50. The molecule has 2 aromatic rings. The number of amides is 1. The molecule has 7 heteroatoms. The van der Waals surface area contributed by atoms with E-state index < -0.39 is 0 Å². The second-order valence-corrected chi connectivity index (χ2v) is 9.44. The number of aromatic nitrogens is 2. The van der Waals surface area contributed by atoms with E-state index in [0.29, 0.717) is 40.2 Å². The smallest absolute Gasteiger partial charge is 0.262 e. The Morgan fingerprint density at radius 2 is 2.00 bits per heavy atom. The number of hydrogen-bond acceptors (Lipinski definition) is 5. The molecule has 29 heavy (non-hydrogen) atoms. The van der Waals surface area contributed by atoms with E-state index in [1.54, 1.807) is 4.57 Å². The number of benzene rings is 1. The third kappa shape index (κ3) is 4.67. The predicted octanol–water partition coefficient (Wildman–Crippen LogP) is 3.17. The van der Waals surface area contributed by atoms with E-state index >= 15 is 0 Å². The maximum Gasteiger partial charge on any atom is 0.262 e. The molecule has 0 bridgehead atoms. The van der Waals surface area contributed by atoms with Gasteiger partial charge in [0.05, 0.1) is 29.3 Å². The van der Waals surface area contributed by atoms with E-state index in [1.807, 2.05) is 29.2 Å². The Labute approximate surface area is 175 Å². The maximum absolute atomic E-state index is 13.1. The first-order valence-corrected chi connectivity index (χ1v) is 11.5. The molecule has 1 aromatic carbocycles. The lowest BCUT2D eigenvalue weighted by Gasteiger charge is -2.35. The largest absolute Gasteiger partial charge is 0.376 e. The van der Waals surface area contributed by atoms with Crippen LogP contribution in [-0.2, 0) is 16.1 Å². The van der Waals surface area contributed by atoms with Crippen LogP contribution in [0.4, 0.5) is 0 Å². The summed E-state index contributed by atoms with van der Waals surface area (Å²) in [7, 11) is 0. The van der Waals surface area contributed by atoms with E-state index in [-0.39, 0.29) is 17.6 Å². The van der Waals surface area contributed by atoms with E-state index in [9.17, 15) is 9.59 Å². The Morgan fingerprint density at radius 3 is 2.72 bits per heavy atom. The van der Waals surface area contributed by atoms with Crippen LogP contribution in [-0.4, -0.2) is 51.9 Å². The first-order valence-electron chi connectivity index (χ1n) is 10.5. The number of piperidine rings is 1. The zero-order valence-corrected chi connectivity index (χ0v) is 18.0. The number of carbonyl (C=O) groups is 1. The topological polar surface area (TPSA) is 64.4 Å². The average molecular weight is 416 g/mol. The van der Waals surface area contributed by atoms with Crippen molar-refractivity contribution in [2.45, 2.75) is 50.9 Å². The van der Waals surface area contributed by atoms with E-state index in [1.165, 1.54) is 18.2 Å². The second kappa shape index (κ2) is 8.88. The third-order valence-electron chi connectivity index (χ3n) is 5.78. The molecule has 0 radical (unpaired) electrons. The highest BCUT2D eigenvalue weighted by Gasteiger charge is 2.26. The summed E-state index contributed by atoms with van der Waals surface area (Å²) in [5.74, 6) is 1.49. The van der Waals surface area contributed by atoms with Gasteiger partial charge in [-0.25, -0.2) is 4.98 Å². The van der Waals surface area contributed by atoms with Crippen LogP contribution in [0.5, 0.6) is 0 Å². The molecule has 3 atom stereocenters. The molecule has 0 unspecified atom stereocenters. The lowest BCUT2D eigenvalue weighted by molar-refractivity contribution is -0.130. The van der Waals surface area contributed by atoms with Crippen LogP contribution < -0.4 is 5.56 Å². The number of hydrogen-bond donors (Lipinski definition) is 0. The van der Waals surface area contributed by atoms with Crippen molar-refractivity contribution in [1.29, 1.82) is 0 Å². The fourth-order valence-corrected chi connectivity index (χ4v) is 5.41. The normalized spacial score (nSPS) is 24.9. The molecule has 1 amide bonds. The maximum atomic E-state index is 13.1. The molecule has 2 fully saturated rings. The van der Waals surface area contributed by atoms with E-state index in [2.05, 4.69) is 13.8 Å². The Bertz CT molecular complexity index is 929. The first kappa shape index (κ1) is 20.4. The Hall–Kier alpha value is -1.86. The number of ether oxygens (including phenoxy) is 1. The molecule has 0 N–H and O–H groups in total. The van der Waals surface area contributed by atoms with Crippen molar-refractivity contribution in [3.8, 4) is 0 Å². The number of rotatable bonds is 5. The summed E-state index contributed by atoms with van der Waals surface area (Å²) < 4.78 is 7.46. The fraction of sp³-hybridized carbons (Fsp3) is 0.591. The Morgan fingerprint density at radius 1 is 1.24 bits per heavy atom. The van der Waals surface area contributed by atoms with Gasteiger partial charge >= 0.3 is 0 Å². The number of fused-ring (bicyclic) bond motifs is 1. The fourth-order valence-electron chi connectivity index (χ4n) is 4.49. The molecule has 2 aliphatic rings. The highest BCUT2D eigenvalue weighted by Crippen LogP contribution is 2.24. The minimum atomic E-state index is -0.0544. The van der Waals surface area contributed by atoms with Crippen molar-refractivity contribution in [2.75, 3.05) is 25.4 Å². The van der Waals surface area contributed by atoms with Crippen molar-refractivity contribution in [1.82, 2.24) is 14.5 Å². The molecule has 2 aliphatic heterocycles. The summed E-state index contributed by atoms with van der Waals surface area (Å²) >= 11 is 1.37. The first-order chi connectivity index (χ1) is 14.0. The van der Waals surface area contributed by atoms with Gasteiger partial charge in [0.15, 0.2) is 5.16 Å². The minimum absolute atomic E-state index is 0.0366. The van der Waals surface area contributed by atoms with Crippen molar-refractivity contribution in [3.05, 3.63) is 34.6 Å². The number of likely N-dealkylation sites (tertiary alicyclic amines) is 1. The van der Waals surface area contributed by atoms with Gasteiger partial charge in [0, 0.05) is 19.7 Å². The zero-order valence-electron chi connectivity index (χ0n) is 17.2. The Kier molecular flexibility index (Phi) is 6.25. The molecule has 0 aliphatic carbocycles. The molecule has 6 nitrogen and oxygen atoms in total. The summed E-state index contributed by atoms with van der Waals surface area (Å²) in [5.41, 5.74) is 0.623. The summed E-state index contributed by atoms with van der Waals surface area (Å²) in [6, 6.07) is 7.41. The van der Waals surface area contributed by atoms with Crippen LogP contribution >= 0.6 is 11.8 Å². The number of carbonyl (C=O) groups excluding carboxylic acids is 1. The molecule has 4 rings (SSSR count). The number of para-hydroxylation sites is 1. The average Bonchev–Trinajstić information content (AvgIpc) is 3.21. The van der Waals surface area contributed by atoms with Crippen LogP contribution in [0.25, 0.3) is 10.9 Å². The van der Waals surface area contributed by atoms with Crippen LogP contribution in [0.2, 0.25) is 0 Å². The highest BCUT2D eigenvalue weighted by molar-refractivity contribution is 7.99. The van der Waals surface area contributed by atoms with Crippen molar-refractivity contribution >= 4 is 28.6 Å². The summed E-state index contributed by atoms with van der Waals surface area (Å²) in [6.45, 7) is 7.27. The van der Waals surface area contributed by atoms with Crippen LogP contribution in [0.3, 0.4) is 0 Å². The molecular formula is C22H29N3O3S. The molecule has 1 aromatic heterocycles. The molecule has 0 saturated carbocycles. The van der Waals surface area contributed by atoms with Gasteiger partial charge in [0.25, 0.3) is 5.56 Å². The number of nitrogens with zero attached hydrogens (tertiary/aromatic N) is 3. The van der Waals surface area contributed by atoms with Crippen molar-refractivity contribution in [2.24, 2.45) is 11.8 Å². The summed E-state index contributed by atoms with van der Waals surface area (Å²) in [5, 5.41) is 1.22. The van der Waals surface area contributed by atoms with Gasteiger partial charge in [-0.15, -0.1) is 0 Å². The molecule has 156 valence electrons. The minimum Gasteiger partial charge on any atom is -0.376 e. The zero-order chi connectivity index (χ0) is 20.4. The van der Waals surface area contributed by atoms with Gasteiger partial charge in [-0.05, 0) is 43.2 Å². The molecule has 2 saturated heterocycles. The van der Waals surface area contributed by atoms with Crippen LogP contribution in [0.1, 0.15) is 33.1 Å². The Balaban J connectivity index is 1.56. The van der Waals surface area contributed by atoms with Gasteiger partial charge in [0.2, 0.25) is 5.91 Å². The van der Waals surface area contributed by atoms with Gasteiger partial charge in [-0.1, -0.05) is 37.7 Å². The summed E-state index contributed by atoms with van der Waals surface area (Å²) in [6.07, 6.45) is 3.18. The predicted molar refractivity (Wildman–Crippen MR) is 115 cm³/mol. The van der Waals surface area contributed by atoms with Crippen LogP contribution in [0, 0.1) is 11.8 Å². The lowest BCUT2D eigenvalue weighted by atomic mass is 9.92. The van der Waals surface area contributed by atoms with Crippen molar-refractivity contribution in [3.63, 3.8) is 0 Å². The van der Waals surface area contributed by atoms with Crippen LogP contribution in [0.15, 0.2) is 34.2 Å². The standard InChI is InChI=1S/C22H29N3O3S/c1-15-10-16(2)12-24(11-15)20(26)14-29-22-23-19-8-4-3-7-18(19)21(27)25(22)13-17-6-5-9-28-17/h3-4,7-8,15-17H,5-6,9-14H2,1-2H3/t15-,16+,17-/m0/s1. The van der Waals surface area contributed by atoms with E-state index in [0.717, 1.165) is 32.5 Å². The van der Waals surface area contributed by atoms with Gasteiger partial charge < -0.3 is 9.64 Å². The quantitative estimate of drug-likeness (QED) is 0.554. The lowest BCUT2D eigenvalue weighted by Crippen LogP contribution is -2.43. The molecular weight excluding hydrogens is 386 g/mol. The SMILES string of the molecule is C[C@@H]1C[C@H](C)CN(C(=O)CSc2nc3ccccc3c(=O)n2C[C@@H]2CCCO2)C1. The van der Waals surface area contributed by atoms with Gasteiger partial charge in [0.1, 0.15) is 0 Å².